The van der Waals surface area contributed by atoms with Crippen molar-refractivity contribution in [1.29, 1.82) is 0 Å². The maximum Gasteiger partial charge on any atom is 0.139 e. The summed E-state index contributed by atoms with van der Waals surface area (Å²) in [6, 6.07) is 12.1. The summed E-state index contributed by atoms with van der Waals surface area (Å²) in [6.07, 6.45) is 3.89. The van der Waals surface area contributed by atoms with Crippen LogP contribution in [0.4, 0.5) is 0 Å². The van der Waals surface area contributed by atoms with E-state index in [0.717, 1.165) is 24.1 Å². The minimum absolute atomic E-state index is 0.0695. The Balaban J connectivity index is 1.50. The molecule has 1 fully saturated rings. The lowest BCUT2D eigenvalue weighted by Gasteiger charge is -2.33. The molecule has 0 spiro atoms. The van der Waals surface area contributed by atoms with Crippen LogP contribution in [0.1, 0.15) is 36.4 Å². The van der Waals surface area contributed by atoms with Crippen molar-refractivity contribution in [3.05, 3.63) is 53.9 Å². The smallest absolute Gasteiger partial charge is 0.139 e. The number of ether oxygens (including phenoxy) is 3. The van der Waals surface area contributed by atoms with Gasteiger partial charge in [0.1, 0.15) is 6.73 Å². The minimum Gasteiger partial charge on any atom is -0.392 e. The van der Waals surface area contributed by atoms with E-state index >= 15 is 0 Å². The average molecular weight is 360 g/mol. The highest BCUT2D eigenvalue weighted by atomic mass is 16.5. The van der Waals surface area contributed by atoms with Crippen LogP contribution in [0.3, 0.4) is 0 Å². The van der Waals surface area contributed by atoms with Crippen LogP contribution in [0.2, 0.25) is 0 Å². The molecule has 0 saturated heterocycles. The first-order valence-electron chi connectivity index (χ1n) is 9.20. The summed E-state index contributed by atoms with van der Waals surface area (Å²) < 4.78 is 18.4. The molecule has 0 aliphatic heterocycles. The van der Waals surface area contributed by atoms with E-state index in [1.54, 1.807) is 13.3 Å². The highest BCUT2D eigenvalue weighted by molar-refractivity contribution is 5.14. The van der Waals surface area contributed by atoms with Gasteiger partial charge >= 0.3 is 0 Å². The highest BCUT2D eigenvalue weighted by Crippen LogP contribution is 2.34. The molecule has 1 aliphatic carbocycles. The summed E-state index contributed by atoms with van der Waals surface area (Å²) in [5.74, 6) is 0.0695. The van der Waals surface area contributed by atoms with Crippen LogP contribution >= 0.6 is 0 Å². The van der Waals surface area contributed by atoms with Crippen molar-refractivity contribution in [2.24, 2.45) is 0 Å². The number of hydrogen-bond acceptors (Lipinski definition) is 5. The van der Waals surface area contributed by atoms with Gasteiger partial charge in [0.25, 0.3) is 0 Å². The largest absolute Gasteiger partial charge is 0.392 e. The lowest BCUT2D eigenvalue weighted by molar-refractivity contribution is -0.0340. The van der Waals surface area contributed by atoms with Crippen LogP contribution in [0.25, 0.3) is 0 Å². The number of nitrogens with zero attached hydrogens (tertiary/aromatic N) is 2. The maximum atomic E-state index is 10.7. The van der Waals surface area contributed by atoms with Gasteiger partial charge in [-0.1, -0.05) is 30.3 Å². The Kier molecular flexibility index (Phi) is 7.20. The van der Waals surface area contributed by atoms with Crippen molar-refractivity contribution < 1.29 is 19.3 Å². The standard InChI is InChI=1S/C20H28N2O4/c1-24-11-12-25-15-22-19(9-10-21-22)18-8-7-17(13-20(18)23)26-14-16-5-3-2-4-6-16/h2-6,9-10,17-18,20,23H,7-8,11-15H2,1H3/t17-,18-,20+/m1/s1. The molecule has 1 aromatic heterocycles. The summed E-state index contributed by atoms with van der Waals surface area (Å²) in [5, 5.41) is 15.0. The molecule has 2 aromatic rings. The van der Waals surface area contributed by atoms with E-state index in [-0.39, 0.29) is 12.0 Å². The van der Waals surface area contributed by atoms with Gasteiger partial charge in [0.2, 0.25) is 0 Å². The predicted molar refractivity (Wildman–Crippen MR) is 97.7 cm³/mol. The Hall–Kier alpha value is -1.73. The summed E-state index contributed by atoms with van der Waals surface area (Å²) in [5.41, 5.74) is 2.19. The summed E-state index contributed by atoms with van der Waals surface area (Å²) >= 11 is 0. The number of aliphatic hydroxyl groups is 1. The van der Waals surface area contributed by atoms with Gasteiger partial charge in [-0.25, -0.2) is 4.68 Å². The summed E-state index contributed by atoms with van der Waals surface area (Å²) in [4.78, 5) is 0. The first-order valence-corrected chi connectivity index (χ1v) is 9.20. The molecular formula is C20H28N2O4. The maximum absolute atomic E-state index is 10.7. The van der Waals surface area contributed by atoms with Crippen molar-refractivity contribution >= 4 is 0 Å². The molecule has 3 atom stereocenters. The zero-order valence-electron chi connectivity index (χ0n) is 15.3. The zero-order valence-corrected chi connectivity index (χ0v) is 15.3. The Labute approximate surface area is 154 Å². The number of benzene rings is 1. The highest BCUT2D eigenvalue weighted by Gasteiger charge is 2.32. The Morgan fingerprint density at radius 1 is 1.15 bits per heavy atom. The van der Waals surface area contributed by atoms with Gasteiger partial charge in [0.05, 0.1) is 32.0 Å². The SMILES string of the molecule is COCCOCn1nccc1[C@H]1CC[C@@H](OCc2ccccc2)C[C@@H]1O. The third kappa shape index (κ3) is 5.14. The van der Waals surface area contributed by atoms with E-state index in [4.69, 9.17) is 14.2 Å². The van der Waals surface area contributed by atoms with Gasteiger partial charge in [-0.2, -0.15) is 5.10 Å². The molecule has 1 aromatic carbocycles. The Morgan fingerprint density at radius 2 is 2.00 bits per heavy atom. The van der Waals surface area contributed by atoms with E-state index in [1.165, 1.54) is 0 Å². The van der Waals surface area contributed by atoms with Crippen LogP contribution in [0.5, 0.6) is 0 Å². The quantitative estimate of drug-likeness (QED) is 0.697. The van der Waals surface area contributed by atoms with Crippen LogP contribution < -0.4 is 0 Å². The third-order valence-electron chi connectivity index (χ3n) is 4.87. The average Bonchev–Trinajstić information content (AvgIpc) is 3.13. The summed E-state index contributed by atoms with van der Waals surface area (Å²) in [7, 11) is 1.65. The van der Waals surface area contributed by atoms with Crippen LogP contribution in [-0.2, 0) is 27.5 Å². The molecule has 6 heteroatoms. The van der Waals surface area contributed by atoms with Crippen molar-refractivity contribution in [2.45, 2.75) is 50.7 Å². The Morgan fingerprint density at radius 3 is 2.77 bits per heavy atom. The monoisotopic (exact) mass is 360 g/mol. The molecule has 1 heterocycles. The number of methoxy groups -OCH3 is 1. The van der Waals surface area contributed by atoms with Gasteiger partial charge in [0.15, 0.2) is 0 Å². The van der Waals surface area contributed by atoms with E-state index in [9.17, 15) is 5.11 Å². The van der Waals surface area contributed by atoms with Crippen molar-refractivity contribution in [2.75, 3.05) is 20.3 Å². The fraction of sp³-hybridized carbons (Fsp3) is 0.550. The first-order chi connectivity index (χ1) is 12.8. The van der Waals surface area contributed by atoms with Crippen LogP contribution in [0, 0.1) is 0 Å². The number of aromatic nitrogens is 2. The van der Waals surface area contributed by atoms with E-state index in [2.05, 4.69) is 17.2 Å². The third-order valence-corrected chi connectivity index (χ3v) is 4.87. The normalized spacial score (nSPS) is 23.2. The zero-order chi connectivity index (χ0) is 18.2. The second-order valence-corrected chi connectivity index (χ2v) is 6.69. The predicted octanol–water partition coefficient (Wildman–Crippen LogP) is 2.72. The molecule has 142 valence electrons. The number of hydrogen-bond donors (Lipinski definition) is 1. The van der Waals surface area contributed by atoms with Gasteiger partial charge < -0.3 is 19.3 Å². The van der Waals surface area contributed by atoms with Crippen molar-refractivity contribution in [3.8, 4) is 0 Å². The molecule has 26 heavy (non-hydrogen) atoms. The van der Waals surface area contributed by atoms with Gasteiger partial charge in [-0.3, -0.25) is 0 Å². The lowest BCUT2D eigenvalue weighted by Crippen LogP contribution is -2.33. The number of rotatable bonds is 9. The molecule has 0 unspecified atom stereocenters. The number of aliphatic hydroxyl groups excluding tert-OH is 1. The van der Waals surface area contributed by atoms with E-state index in [0.29, 0.717) is 33.0 Å². The Bertz CT molecular complexity index is 646. The minimum atomic E-state index is -0.432. The van der Waals surface area contributed by atoms with Crippen molar-refractivity contribution in [1.82, 2.24) is 9.78 Å². The van der Waals surface area contributed by atoms with Gasteiger partial charge in [-0.05, 0) is 24.5 Å². The molecule has 1 saturated carbocycles. The lowest BCUT2D eigenvalue weighted by atomic mass is 9.82. The summed E-state index contributed by atoms with van der Waals surface area (Å²) in [6.45, 7) is 2.05. The van der Waals surface area contributed by atoms with E-state index in [1.807, 2.05) is 28.9 Å². The van der Waals surface area contributed by atoms with Crippen LogP contribution in [-0.4, -0.2) is 47.4 Å². The fourth-order valence-electron chi connectivity index (χ4n) is 3.45. The second-order valence-electron chi connectivity index (χ2n) is 6.69. The van der Waals surface area contributed by atoms with Crippen LogP contribution in [0.15, 0.2) is 42.6 Å². The molecule has 0 radical (unpaired) electrons. The van der Waals surface area contributed by atoms with Crippen molar-refractivity contribution in [3.63, 3.8) is 0 Å². The molecule has 0 bridgehead atoms. The molecule has 1 N–H and O–H groups in total. The van der Waals surface area contributed by atoms with Gasteiger partial charge in [0, 0.05) is 31.3 Å². The molecule has 3 rings (SSSR count). The fourth-order valence-corrected chi connectivity index (χ4v) is 3.45. The van der Waals surface area contributed by atoms with E-state index < -0.39 is 6.10 Å². The van der Waals surface area contributed by atoms with Gasteiger partial charge in [-0.15, -0.1) is 0 Å². The second kappa shape index (κ2) is 9.83. The first kappa shape index (κ1) is 19.0. The molecule has 1 aliphatic rings. The topological polar surface area (TPSA) is 65.7 Å². The molecular weight excluding hydrogens is 332 g/mol. The molecule has 0 amide bonds. The molecule has 6 nitrogen and oxygen atoms in total.